The number of aromatic hydroxyl groups is 1. The van der Waals surface area contributed by atoms with Gasteiger partial charge in [0.1, 0.15) is 6.10 Å². The second-order valence-electron chi connectivity index (χ2n) is 7.22. The summed E-state index contributed by atoms with van der Waals surface area (Å²) in [4.78, 5) is 28.8. The van der Waals surface area contributed by atoms with Crippen molar-refractivity contribution in [3.8, 4) is 11.5 Å². The number of ketones is 1. The minimum atomic E-state index is -0.685. The number of aromatic nitrogens is 1. The maximum Gasteiger partial charge on any atom is 0.309 e. The Bertz CT molecular complexity index is 700. The molecule has 0 bridgehead atoms. The largest absolute Gasteiger partial charge is 0.503 e. The minimum Gasteiger partial charge on any atom is -0.503 e. The van der Waals surface area contributed by atoms with Gasteiger partial charge in [-0.15, -0.1) is 6.58 Å². The summed E-state index contributed by atoms with van der Waals surface area (Å²) in [7, 11) is 1.38. The highest BCUT2D eigenvalue weighted by molar-refractivity contribution is 5.99. The third-order valence-electron chi connectivity index (χ3n) is 4.73. The average Bonchev–Trinajstić information content (AvgIpc) is 3.49. The zero-order valence-electron chi connectivity index (χ0n) is 16.7. The van der Waals surface area contributed by atoms with E-state index in [9.17, 15) is 14.7 Å². The quantitative estimate of drug-likeness (QED) is 0.332. The molecule has 0 spiro atoms. The average molecular weight is 391 g/mol. The maximum absolute atomic E-state index is 12.4. The maximum atomic E-state index is 12.4. The molecule has 0 saturated heterocycles. The molecule has 0 amide bonds. The number of methoxy groups -OCH3 is 1. The van der Waals surface area contributed by atoms with Crippen molar-refractivity contribution in [1.82, 2.24) is 4.98 Å². The van der Waals surface area contributed by atoms with Crippen LogP contribution in [0.3, 0.4) is 0 Å². The molecule has 1 N–H and O–H groups in total. The number of rotatable bonds is 12. The first-order valence-corrected chi connectivity index (χ1v) is 9.55. The number of pyridine rings is 1. The summed E-state index contributed by atoms with van der Waals surface area (Å²) in [6.45, 7) is 7.78. The Hall–Kier alpha value is -2.41. The molecule has 1 saturated carbocycles. The van der Waals surface area contributed by atoms with Crippen LogP contribution < -0.4 is 4.74 Å². The molecule has 0 aliphatic heterocycles. The Morgan fingerprint density at radius 3 is 2.71 bits per heavy atom. The van der Waals surface area contributed by atoms with Gasteiger partial charge < -0.3 is 19.3 Å². The lowest BCUT2D eigenvalue weighted by Crippen LogP contribution is -2.33. The lowest BCUT2D eigenvalue weighted by molar-refractivity contribution is -0.160. The highest BCUT2D eigenvalue weighted by Gasteiger charge is 2.29. The lowest BCUT2D eigenvalue weighted by Gasteiger charge is -2.24. The van der Waals surface area contributed by atoms with Gasteiger partial charge in [-0.1, -0.05) is 13.0 Å². The van der Waals surface area contributed by atoms with Crippen molar-refractivity contribution in [1.29, 1.82) is 0 Å². The molecule has 1 aliphatic rings. The Morgan fingerprint density at radius 1 is 1.39 bits per heavy atom. The number of nitrogens with zero attached hydrogens (tertiary/aromatic N) is 1. The van der Waals surface area contributed by atoms with E-state index in [1.807, 2.05) is 0 Å². The van der Waals surface area contributed by atoms with Crippen LogP contribution >= 0.6 is 0 Å². The Morgan fingerprint density at radius 2 is 2.11 bits per heavy atom. The molecule has 1 aromatic heterocycles. The lowest BCUT2D eigenvalue weighted by atomic mass is 10.0. The van der Waals surface area contributed by atoms with Crippen LogP contribution in [0.15, 0.2) is 24.9 Å². The molecule has 7 heteroatoms. The summed E-state index contributed by atoms with van der Waals surface area (Å²) in [5.74, 6) is -1.20. The SMILES string of the molecule is C=CC[C@@H](OCC1CC1)[C@H](C)OC(=O)[C@H](C)CC(=O)c1nccc(OC)c1O. The number of ether oxygens (including phenoxy) is 3. The standard InChI is InChI=1S/C21H29NO6/c1-5-6-17(27-12-15-7-8-15)14(3)28-21(25)13(2)11-16(23)19-20(24)18(26-4)9-10-22-19/h5,9-10,13-15,17,24H,1,6-8,11-12H2,2-4H3/t13-,14+,17-/m1/s1. The zero-order valence-corrected chi connectivity index (χ0v) is 16.7. The second-order valence-corrected chi connectivity index (χ2v) is 7.22. The van der Waals surface area contributed by atoms with Gasteiger partial charge >= 0.3 is 5.97 Å². The van der Waals surface area contributed by atoms with E-state index in [-0.39, 0.29) is 29.7 Å². The summed E-state index contributed by atoms with van der Waals surface area (Å²) >= 11 is 0. The molecule has 28 heavy (non-hydrogen) atoms. The number of hydrogen-bond acceptors (Lipinski definition) is 7. The van der Waals surface area contributed by atoms with Gasteiger partial charge in [-0.2, -0.15) is 0 Å². The minimum absolute atomic E-state index is 0.121. The fourth-order valence-corrected chi connectivity index (χ4v) is 2.74. The molecule has 1 heterocycles. The summed E-state index contributed by atoms with van der Waals surface area (Å²) in [6.07, 6.45) is 5.21. The fraction of sp³-hybridized carbons (Fsp3) is 0.571. The number of carbonyl (C=O) groups is 2. The third kappa shape index (κ3) is 6.05. The van der Waals surface area contributed by atoms with Crippen LogP contribution in [0.2, 0.25) is 0 Å². The van der Waals surface area contributed by atoms with Crippen molar-refractivity contribution in [2.45, 2.75) is 51.7 Å². The van der Waals surface area contributed by atoms with Gasteiger partial charge in [0.05, 0.1) is 19.1 Å². The van der Waals surface area contributed by atoms with Crippen LogP contribution in [0.25, 0.3) is 0 Å². The van der Waals surface area contributed by atoms with Gasteiger partial charge in [0.25, 0.3) is 0 Å². The first-order chi connectivity index (χ1) is 13.4. The van der Waals surface area contributed by atoms with E-state index in [2.05, 4.69) is 11.6 Å². The molecule has 154 valence electrons. The molecule has 0 aromatic carbocycles. The fourth-order valence-electron chi connectivity index (χ4n) is 2.74. The van der Waals surface area contributed by atoms with Crippen LogP contribution in [-0.2, 0) is 14.3 Å². The van der Waals surface area contributed by atoms with Gasteiger partial charge in [0.2, 0.25) is 0 Å². The molecule has 2 rings (SSSR count). The molecule has 3 atom stereocenters. The first-order valence-electron chi connectivity index (χ1n) is 9.55. The van der Waals surface area contributed by atoms with E-state index in [0.29, 0.717) is 18.9 Å². The van der Waals surface area contributed by atoms with Crippen molar-refractivity contribution in [2.75, 3.05) is 13.7 Å². The van der Waals surface area contributed by atoms with E-state index in [1.165, 1.54) is 32.2 Å². The smallest absolute Gasteiger partial charge is 0.309 e. The van der Waals surface area contributed by atoms with E-state index < -0.39 is 23.8 Å². The van der Waals surface area contributed by atoms with Crippen molar-refractivity contribution in [3.05, 3.63) is 30.6 Å². The predicted molar refractivity (Wildman–Crippen MR) is 103 cm³/mol. The Balaban J connectivity index is 1.91. The van der Waals surface area contributed by atoms with Crippen molar-refractivity contribution in [3.63, 3.8) is 0 Å². The number of Topliss-reactive ketones (excluding diaryl/α,β-unsaturated/α-hetero) is 1. The first kappa shape index (κ1) is 21.9. The van der Waals surface area contributed by atoms with Crippen LogP contribution in [-0.4, -0.2) is 47.8 Å². The summed E-state index contributed by atoms with van der Waals surface area (Å²) < 4.78 is 16.4. The number of hydrogen-bond donors (Lipinski definition) is 1. The monoisotopic (exact) mass is 391 g/mol. The molecule has 1 aliphatic carbocycles. The molecule has 0 unspecified atom stereocenters. The van der Waals surface area contributed by atoms with Gasteiger partial charge in [-0.3, -0.25) is 9.59 Å². The van der Waals surface area contributed by atoms with E-state index in [0.717, 1.165) is 0 Å². The predicted octanol–water partition coefficient (Wildman–Crippen LogP) is 3.31. The summed E-state index contributed by atoms with van der Waals surface area (Å²) in [5, 5.41) is 10.0. The van der Waals surface area contributed by atoms with Crippen molar-refractivity contribution >= 4 is 11.8 Å². The topological polar surface area (TPSA) is 95.0 Å². The van der Waals surface area contributed by atoms with E-state index in [1.54, 1.807) is 19.9 Å². The number of carbonyl (C=O) groups excluding carboxylic acids is 2. The van der Waals surface area contributed by atoms with Crippen molar-refractivity contribution in [2.24, 2.45) is 11.8 Å². The number of esters is 1. The van der Waals surface area contributed by atoms with Gasteiger partial charge in [0, 0.05) is 25.3 Å². The van der Waals surface area contributed by atoms with Crippen LogP contribution in [0.5, 0.6) is 11.5 Å². The van der Waals surface area contributed by atoms with E-state index >= 15 is 0 Å². The van der Waals surface area contributed by atoms with Gasteiger partial charge in [-0.25, -0.2) is 4.98 Å². The van der Waals surface area contributed by atoms with Crippen LogP contribution in [0.1, 0.15) is 50.0 Å². The van der Waals surface area contributed by atoms with Crippen molar-refractivity contribution < 1.29 is 28.9 Å². The van der Waals surface area contributed by atoms with Gasteiger partial charge in [-0.05, 0) is 32.1 Å². The summed E-state index contributed by atoms with van der Waals surface area (Å²) in [5.41, 5.74) is -0.121. The molecule has 1 aromatic rings. The zero-order chi connectivity index (χ0) is 20.7. The molecular formula is C21H29NO6. The second kappa shape index (κ2) is 10.2. The Labute approximate surface area is 165 Å². The molecular weight excluding hydrogens is 362 g/mol. The molecule has 0 radical (unpaired) electrons. The highest BCUT2D eigenvalue weighted by Crippen LogP contribution is 2.30. The Kier molecular flexibility index (Phi) is 7.99. The van der Waals surface area contributed by atoms with Crippen LogP contribution in [0.4, 0.5) is 0 Å². The normalized spacial score (nSPS) is 16.7. The molecule has 7 nitrogen and oxygen atoms in total. The van der Waals surface area contributed by atoms with Gasteiger partial charge in [0.15, 0.2) is 23.0 Å². The summed E-state index contributed by atoms with van der Waals surface area (Å²) in [6, 6.07) is 1.45. The van der Waals surface area contributed by atoms with Crippen LogP contribution in [0, 0.1) is 11.8 Å². The third-order valence-corrected chi connectivity index (χ3v) is 4.73. The molecule has 1 fully saturated rings. The highest BCUT2D eigenvalue weighted by atomic mass is 16.6. The van der Waals surface area contributed by atoms with E-state index in [4.69, 9.17) is 14.2 Å².